The average molecular weight is 323 g/mol. The van der Waals surface area contributed by atoms with Crippen LogP contribution in [-0.2, 0) is 7.05 Å². The molecule has 0 aromatic carbocycles. The molecule has 0 spiro atoms. The van der Waals surface area contributed by atoms with Crippen molar-refractivity contribution in [2.75, 3.05) is 11.9 Å². The van der Waals surface area contributed by atoms with Crippen LogP contribution in [0.5, 0.6) is 0 Å². The van der Waals surface area contributed by atoms with Gasteiger partial charge in [0.1, 0.15) is 6.54 Å². The molecule has 3 heterocycles. The summed E-state index contributed by atoms with van der Waals surface area (Å²) in [5.74, 6) is 0.507. The molecule has 10 nitrogen and oxygen atoms in total. The second-order valence-electron chi connectivity index (χ2n) is 4.78. The lowest BCUT2D eigenvalue weighted by Gasteiger charge is -2.04. The first-order valence-electron chi connectivity index (χ1n) is 6.94. The van der Waals surface area contributed by atoms with E-state index in [1.54, 1.807) is 29.3 Å². The van der Waals surface area contributed by atoms with Crippen molar-refractivity contribution in [3.05, 3.63) is 42.6 Å². The zero-order valence-corrected chi connectivity index (χ0v) is 12.7. The molecule has 3 aromatic rings. The summed E-state index contributed by atoms with van der Waals surface area (Å²) >= 11 is 0. The van der Waals surface area contributed by atoms with Crippen molar-refractivity contribution in [2.45, 2.75) is 0 Å². The lowest BCUT2D eigenvalue weighted by Crippen LogP contribution is -2.22. The third-order valence-corrected chi connectivity index (χ3v) is 3.01. The van der Waals surface area contributed by atoms with Crippen LogP contribution >= 0.6 is 0 Å². The number of nitriles is 1. The van der Waals surface area contributed by atoms with Crippen LogP contribution in [0.3, 0.4) is 0 Å². The Morgan fingerprint density at radius 1 is 1.33 bits per heavy atom. The first-order valence-corrected chi connectivity index (χ1v) is 6.94. The molecular weight excluding hydrogens is 310 g/mol. The summed E-state index contributed by atoms with van der Waals surface area (Å²) in [7, 11) is 1.81. The lowest BCUT2D eigenvalue weighted by molar-refractivity contribution is 0.0958. The number of hydrogen-bond donors (Lipinski definition) is 2. The van der Waals surface area contributed by atoms with Crippen LogP contribution in [0, 0.1) is 11.3 Å². The average Bonchev–Trinajstić information content (AvgIpc) is 3.22. The van der Waals surface area contributed by atoms with E-state index in [2.05, 4.69) is 30.8 Å². The van der Waals surface area contributed by atoms with E-state index in [-0.39, 0.29) is 12.5 Å². The Hall–Kier alpha value is -3.74. The number of aromatic nitrogens is 6. The highest BCUT2D eigenvalue weighted by molar-refractivity contribution is 5.93. The van der Waals surface area contributed by atoms with Gasteiger partial charge in [-0.3, -0.25) is 9.48 Å². The molecule has 0 saturated heterocycles. The van der Waals surface area contributed by atoms with E-state index in [0.29, 0.717) is 17.3 Å². The molecule has 0 aliphatic heterocycles. The van der Waals surface area contributed by atoms with E-state index in [9.17, 15) is 4.79 Å². The van der Waals surface area contributed by atoms with Gasteiger partial charge in [-0.25, -0.2) is 9.67 Å². The van der Waals surface area contributed by atoms with Crippen LogP contribution in [0.25, 0.3) is 5.82 Å². The summed E-state index contributed by atoms with van der Waals surface area (Å²) in [6.45, 7) is -0.0588. The Morgan fingerprint density at radius 2 is 2.21 bits per heavy atom. The van der Waals surface area contributed by atoms with Crippen molar-refractivity contribution in [1.82, 2.24) is 34.8 Å². The minimum Gasteiger partial charge on any atom is -0.339 e. The van der Waals surface area contributed by atoms with Gasteiger partial charge < -0.3 is 10.6 Å². The normalized spacial score (nSPS) is 10.2. The number of nitrogens with zero attached hydrogens (tertiary/aromatic N) is 7. The summed E-state index contributed by atoms with van der Waals surface area (Å²) in [4.78, 5) is 20.3. The predicted octanol–water partition coefficient (Wildman–Crippen LogP) is 0.393. The van der Waals surface area contributed by atoms with E-state index in [0.717, 1.165) is 5.69 Å². The molecule has 120 valence electrons. The second kappa shape index (κ2) is 6.57. The van der Waals surface area contributed by atoms with Crippen LogP contribution in [-0.4, -0.2) is 42.0 Å². The molecule has 10 heteroatoms. The van der Waals surface area contributed by atoms with E-state index in [4.69, 9.17) is 5.26 Å². The smallest absolute Gasteiger partial charge is 0.255 e. The number of carbonyl (C=O) groups excluding carboxylic acids is 1. The standard InChI is InChI=1S/C14H13N9O/c1-22-9-11(7-18-22)20-14-17-4-2-12(21-14)23-8-10(6-19-23)13(24)16-5-3-15/h2,4,6-9H,5H2,1H3,(H,16,24)(H,17,20,21). The quantitative estimate of drug-likeness (QED) is 0.650. The van der Waals surface area contributed by atoms with Gasteiger partial charge in [0.15, 0.2) is 5.82 Å². The summed E-state index contributed by atoms with van der Waals surface area (Å²) in [5, 5.41) is 22.1. The maximum Gasteiger partial charge on any atom is 0.255 e. The fraction of sp³-hybridized carbons (Fsp3) is 0.143. The summed E-state index contributed by atoms with van der Waals surface area (Å²) in [6.07, 6.45) is 7.97. The molecule has 0 aliphatic rings. The number of aryl methyl sites for hydroxylation is 1. The molecule has 2 N–H and O–H groups in total. The molecule has 0 fully saturated rings. The van der Waals surface area contributed by atoms with Gasteiger partial charge in [-0.05, 0) is 0 Å². The van der Waals surface area contributed by atoms with Gasteiger partial charge in [-0.2, -0.15) is 20.4 Å². The number of anilines is 2. The van der Waals surface area contributed by atoms with Gasteiger partial charge in [-0.15, -0.1) is 0 Å². The number of nitrogens with one attached hydrogen (secondary N) is 2. The van der Waals surface area contributed by atoms with E-state index >= 15 is 0 Å². The Morgan fingerprint density at radius 3 is 2.96 bits per heavy atom. The summed E-state index contributed by atoms with van der Waals surface area (Å²) in [6, 6.07) is 3.51. The van der Waals surface area contributed by atoms with E-state index in [1.807, 2.05) is 13.1 Å². The van der Waals surface area contributed by atoms with Crippen molar-refractivity contribution in [2.24, 2.45) is 7.05 Å². The van der Waals surface area contributed by atoms with Gasteiger partial charge in [0.05, 0.1) is 29.7 Å². The molecule has 0 atom stereocenters. The van der Waals surface area contributed by atoms with Crippen molar-refractivity contribution in [1.29, 1.82) is 5.26 Å². The van der Waals surface area contributed by atoms with Crippen LogP contribution in [0.2, 0.25) is 0 Å². The SMILES string of the molecule is Cn1cc(Nc2nccc(-n3cc(C(=O)NCC#N)cn3)n2)cn1. The highest BCUT2D eigenvalue weighted by atomic mass is 16.1. The van der Waals surface area contributed by atoms with Crippen LogP contribution in [0.15, 0.2) is 37.1 Å². The van der Waals surface area contributed by atoms with Gasteiger partial charge >= 0.3 is 0 Å². The summed E-state index contributed by atoms with van der Waals surface area (Å²) < 4.78 is 3.11. The topological polar surface area (TPSA) is 126 Å². The first kappa shape index (κ1) is 15.2. The molecule has 3 rings (SSSR count). The maximum absolute atomic E-state index is 11.8. The van der Waals surface area contributed by atoms with Crippen molar-refractivity contribution < 1.29 is 4.79 Å². The molecule has 0 unspecified atom stereocenters. The molecule has 0 aliphatic carbocycles. The minimum atomic E-state index is -0.370. The van der Waals surface area contributed by atoms with Gasteiger partial charge in [-0.1, -0.05) is 0 Å². The Kier molecular flexibility index (Phi) is 4.15. The Labute approximate surface area is 136 Å². The van der Waals surface area contributed by atoms with Crippen LogP contribution in [0.1, 0.15) is 10.4 Å². The zero-order chi connectivity index (χ0) is 16.9. The van der Waals surface area contributed by atoms with Crippen molar-refractivity contribution in [3.8, 4) is 11.9 Å². The predicted molar refractivity (Wildman–Crippen MR) is 83.6 cm³/mol. The second-order valence-corrected chi connectivity index (χ2v) is 4.78. The van der Waals surface area contributed by atoms with Gasteiger partial charge in [0.2, 0.25) is 5.95 Å². The zero-order valence-electron chi connectivity index (χ0n) is 12.7. The molecule has 0 bridgehead atoms. The lowest BCUT2D eigenvalue weighted by atomic mass is 10.3. The van der Waals surface area contributed by atoms with Gasteiger partial charge in [0, 0.05) is 31.7 Å². The Bertz CT molecular complexity index is 905. The molecule has 0 radical (unpaired) electrons. The molecule has 3 aromatic heterocycles. The van der Waals surface area contributed by atoms with Crippen molar-refractivity contribution in [3.63, 3.8) is 0 Å². The van der Waals surface area contributed by atoms with Gasteiger partial charge in [0.25, 0.3) is 5.91 Å². The highest BCUT2D eigenvalue weighted by Crippen LogP contribution is 2.13. The minimum absolute atomic E-state index is 0.0588. The fourth-order valence-electron chi connectivity index (χ4n) is 1.94. The highest BCUT2D eigenvalue weighted by Gasteiger charge is 2.10. The van der Waals surface area contributed by atoms with E-state index < -0.39 is 0 Å². The fourth-order valence-corrected chi connectivity index (χ4v) is 1.94. The summed E-state index contributed by atoms with van der Waals surface area (Å²) in [5.41, 5.74) is 1.09. The molecule has 0 saturated carbocycles. The van der Waals surface area contributed by atoms with Crippen LogP contribution in [0.4, 0.5) is 11.6 Å². The largest absolute Gasteiger partial charge is 0.339 e. The van der Waals surface area contributed by atoms with Crippen LogP contribution < -0.4 is 10.6 Å². The third-order valence-electron chi connectivity index (χ3n) is 3.01. The first-order chi connectivity index (χ1) is 11.7. The number of rotatable bonds is 5. The number of hydrogen-bond acceptors (Lipinski definition) is 7. The Balaban J connectivity index is 1.78. The molecular formula is C14H13N9O. The van der Waals surface area contributed by atoms with Crippen molar-refractivity contribution >= 4 is 17.5 Å². The molecule has 1 amide bonds. The monoisotopic (exact) mass is 323 g/mol. The molecule has 24 heavy (non-hydrogen) atoms. The number of carbonyl (C=O) groups is 1. The van der Waals surface area contributed by atoms with E-state index in [1.165, 1.54) is 17.1 Å². The third kappa shape index (κ3) is 3.36. The number of amides is 1. The maximum atomic E-state index is 11.8.